The van der Waals surface area contributed by atoms with Crippen molar-refractivity contribution in [1.29, 1.82) is 0 Å². The highest BCUT2D eigenvalue weighted by Gasteiger charge is 2.23. The lowest BCUT2D eigenvalue weighted by Crippen LogP contribution is -3.07. The van der Waals surface area contributed by atoms with Crippen LogP contribution in [0.15, 0.2) is 42.7 Å². The van der Waals surface area contributed by atoms with Gasteiger partial charge in [0.25, 0.3) is 0 Å². The highest BCUT2D eigenvalue weighted by Crippen LogP contribution is 2.20. The lowest BCUT2D eigenvalue weighted by molar-refractivity contribution is -0.917. The molecule has 0 bridgehead atoms. The summed E-state index contributed by atoms with van der Waals surface area (Å²) < 4.78 is 3.54. The molecule has 1 unspecified atom stereocenters. The number of aromatic nitrogens is 4. The molecule has 0 aliphatic heterocycles. The Kier molecular flexibility index (Phi) is 4.62. The largest absolute Gasteiger partial charge is 0.315 e. The Morgan fingerprint density at radius 3 is 2.60 bits per heavy atom. The van der Waals surface area contributed by atoms with Crippen molar-refractivity contribution in [2.75, 3.05) is 7.05 Å². The Morgan fingerprint density at radius 1 is 1.24 bits per heavy atom. The molecule has 3 rings (SSSR count). The number of nitro groups is 1. The summed E-state index contributed by atoms with van der Waals surface area (Å²) in [6.45, 7) is 4.70. The zero-order valence-electron chi connectivity index (χ0n) is 14.5. The zero-order chi connectivity index (χ0) is 18.0. The number of nitrogens with one attached hydrogen (secondary N) is 1. The van der Waals surface area contributed by atoms with Crippen LogP contribution in [0.1, 0.15) is 17.0 Å². The summed E-state index contributed by atoms with van der Waals surface area (Å²) >= 11 is 0. The van der Waals surface area contributed by atoms with E-state index in [0.29, 0.717) is 18.1 Å². The summed E-state index contributed by atoms with van der Waals surface area (Å²) in [4.78, 5) is 11.9. The van der Waals surface area contributed by atoms with Gasteiger partial charge in [-0.05, 0) is 26.0 Å². The van der Waals surface area contributed by atoms with E-state index in [0.717, 1.165) is 22.7 Å². The van der Waals surface area contributed by atoms with E-state index in [1.165, 1.54) is 0 Å². The van der Waals surface area contributed by atoms with E-state index < -0.39 is 0 Å². The normalized spacial score (nSPS) is 12.3. The Labute approximate surface area is 145 Å². The minimum absolute atomic E-state index is 0.102. The maximum atomic E-state index is 11.1. The van der Waals surface area contributed by atoms with E-state index in [9.17, 15) is 10.1 Å². The first kappa shape index (κ1) is 16.8. The first-order chi connectivity index (χ1) is 12.0. The molecule has 1 aromatic carbocycles. The van der Waals surface area contributed by atoms with Gasteiger partial charge in [-0.3, -0.25) is 10.1 Å². The van der Waals surface area contributed by atoms with Crippen LogP contribution in [0.2, 0.25) is 0 Å². The predicted octanol–water partition coefficient (Wildman–Crippen LogP) is 1.27. The van der Waals surface area contributed by atoms with Gasteiger partial charge in [0.05, 0.1) is 23.9 Å². The van der Waals surface area contributed by atoms with Gasteiger partial charge < -0.3 is 4.90 Å². The Hall–Kier alpha value is -3.00. The van der Waals surface area contributed by atoms with Crippen molar-refractivity contribution in [1.82, 2.24) is 19.6 Å². The topological polar surface area (TPSA) is 83.2 Å². The molecule has 0 aliphatic rings. The lowest BCUT2D eigenvalue weighted by atomic mass is 10.3. The van der Waals surface area contributed by atoms with E-state index in [4.69, 9.17) is 0 Å². The molecule has 2 heterocycles. The molecule has 1 N–H and O–H groups in total. The number of aryl methyl sites for hydroxylation is 1. The number of quaternary nitrogens is 1. The summed E-state index contributed by atoms with van der Waals surface area (Å²) in [5.41, 5.74) is 3.25. The van der Waals surface area contributed by atoms with Crippen LogP contribution >= 0.6 is 0 Å². The van der Waals surface area contributed by atoms with Gasteiger partial charge in [-0.2, -0.15) is 10.2 Å². The van der Waals surface area contributed by atoms with Crippen LogP contribution in [0.5, 0.6) is 0 Å². The van der Waals surface area contributed by atoms with Gasteiger partial charge >= 0.3 is 5.69 Å². The average molecular weight is 341 g/mol. The van der Waals surface area contributed by atoms with Crippen LogP contribution in [-0.4, -0.2) is 31.5 Å². The first-order valence-electron chi connectivity index (χ1n) is 8.04. The molecule has 8 heteroatoms. The second-order valence-corrected chi connectivity index (χ2v) is 6.20. The molecule has 3 aromatic rings. The molecule has 0 saturated heterocycles. The minimum atomic E-state index is -0.368. The molecule has 130 valence electrons. The van der Waals surface area contributed by atoms with Crippen molar-refractivity contribution in [2.45, 2.75) is 27.1 Å². The highest BCUT2D eigenvalue weighted by molar-refractivity contribution is 5.39. The molecule has 0 fully saturated rings. The Bertz CT molecular complexity index is 884. The second kappa shape index (κ2) is 6.86. The standard InChI is InChI=1S/C17H20N6O2/c1-13-17(23(24)25)14(2)22(19-13)12-20(3)10-15-9-18-21(11-15)16-7-5-4-6-8-16/h4-9,11H,10,12H2,1-3H3/p+1. The SMILES string of the molecule is Cc1nn(C[NH+](C)Cc2cnn(-c3ccccc3)c2)c(C)c1[N+](=O)[O-]. The van der Waals surface area contributed by atoms with Gasteiger partial charge in [0.2, 0.25) is 0 Å². The zero-order valence-corrected chi connectivity index (χ0v) is 14.5. The Morgan fingerprint density at radius 2 is 1.96 bits per heavy atom. The molecule has 8 nitrogen and oxygen atoms in total. The summed E-state index contributed by atoms with van der Waals surface area (Å²) in [6, 6.07) is 9.93. The lowest BCUT2D eigenvalue weighted by Gasteiger charge is -2.13. The molecular weight excluding hydrogens is 320 g/mol. The third-order valence-electron chi connectivity index (χ3n) is 4.11. The van der Waals surface area contributed by atoms with Crippen molar-refractivity contribution in [3.63, 3.8) is 0 Å². The van der Waals surface area contributed by atoms with E-state index in [2.05, 4.69) is 10.2 Å². The molecule has 25 heavy (non-hydrogen) atoms. The van der Waals surface area contributed by atoms with Gasteiger partial charge in [0.15, 0.2) is 6.67 Å². The fraction of sp³-hybridized carbons (Fsp3) is 0.294. The second-order valence-electron chi connectivity index (χ2n) is 6.20. The minimum Gasteiger partial charge on any atom is -0.315 e. The maximum Gasteiger partial charge on any atom is 0.312 e. The van der Waals surface area contributed by atoms with Crippen LogP contribution in [0.25, 0.3) is 5.69 Å². The van der Waals surface area contributed by atoms with Crippen LogP contribution in [0.4, 0.5) is 5.69 Å². The number of hydrogen-bond acceptors (Lipinski definition) is 4. The third kappa shape index (κ3) is 3.58. The van der Waals surface area contributed by atoms with Crippen LogP contribution in [-0.2, 0) is 13.2 Å². The van der Waals surface area contributed by atoms with Crippen LogP contribution in [0.3, 0.4) is 0 Å². The monoisotopic (exact) mass is 341 g/mol. The number of hydrogen-bond donors (Lipinski definition) is 1. The predicted molar refractivity (Wildman–Crippen MR) is 92.5 cm³/mol. The molecule has 0 aliphatic carbocycles. The molecule has 1 atom stereocenters. The summed E-state index contributed by atoms with van der Waals surface area (Å²) in [5, 5.41) is 19.8. The molecule has 0 saturated carbocycles. The quantitative estimate of drug-likeness (QED) is 0.540. The van der Waals surface area contributed by atoms with Gasteiger partial charge in [0.1, 0.15) is 17.9 Å². The van der Waals surface area contributed by atoms with E-state index in [1.807, 2.05) is 54.5 Å². The van der Waals surface area contributed by atoms with E-state index in [1.54, 1.807) is 18.5 Å². The van der Waals surface area contributed by atoms with Crippen molar-refractivity contribution in [2.24, 2.45) is 0 Å². The fourth-order valence-corrected chi connectivity index (χ4v) is 2.94. The number of para-hydroxylation sites is 1. The molecule has 0 amide bonds. The van der Waals surface area contributed by atoms with Crippen molar-refractivity contribution in [3.05, 3.63) is 69.8 Å². The smallest absolute Gasteiger partial charge is 0.312 e. The number of benzene rings is 1. The van der Waals surface area contributed by atoms with Gasteiger partial charge in [-0.25, -0.2) is 9.36 Å². The van der Waals surface area contributed by atoms with Gasteiger partial charge in [0, 0.05) is 11.8 Å². The van der Waals surface area contributed by atoms with Gasteiger partial charge in [-0.15, -0.1) is 0 Å². The molecule has 0 spiro atoms. The summed E-state index contributed by atoms with van der Waals surface area (Å²) in [7, 11) is 2.03. The van der Waals surface area contributed by atoms with Crippen LogP contribution < -0.4 is 4.90 Å². The number of nitrogens with zero attached hydrogens (tertiary/aromatic N) is 5. The number of rotatable bonds is 6. The molecule has 2 aromatic heterocycles. The summed E-state index contributed by atoms with van der Waals surface area (Å²) in [6.07, 6.45) is 3.85. The van der Waals surface area contributed by atoms with Crippen molar-refractivity contribution < 1.29 is 9.82 Å². The Balaban J connectivity index is 1.70. The average Bonchev–Trinajstić information content (AvgIpc) is 3.13. The first-order valence-corrected chi connectivity index (χ1v) is 8.04. The van der Waals surface area contributed by atoms with Gasteiger partial charge in [-0.1, -0.05) is 18.2 Å². The fourth-order valence-electron chi connectivity index (χ4n) is 2.94. The molecular formula is C17H21N6O2+. The van der Waals surface area contributed by atoms with Crippen LogP contribution in [0, 0.1) is 24.0 Å². The third-order valence-corrected chi connectivity index (χ3v) is 4.11. The van der Waals surface area contributed by atoms with Crippen molar-refractivity contribution in [3.8, 4) is 5.69 Å². The highest BCUT2D eigenvalue weighted by atomic mass is 16.6. The summed E-state index contributed by atoms with van der Waals surface area (Å²) in [5.74, 6) is 0. The molecule has 0 radical (unpaired) electrons. The maximum absolute atomic E-state index is 11.1. The van der Waals surface area contributed by atoms with E-state index in [-0.39, 0.29) is 10.6 Å². The van der Waals surface area contributed by atoms with Crippen molar-refractivity contribution >= 4 is 5.69 Å². The van der Waals surface area contributed by atoms with E-state index >= 15 is 0 Å².